The van der Waals surface area contributed by atoms with Crippen molar-refractivity contribution in [3.05, 3.63) is 6.20 Å². The van der Waals surface area contributed by atoms with Crippen LogP contribution in [0.1, 0.15) is 32.1 Å². The molecule has 8 heteroatoms. The van der Waals surface area contributed by atoms with Gasteiger partial charge in [0.1, 0.15) is 4.90 Å². The second-order valence-electron chi connectivity index (χ2n) is 6.25. The highest BCUT2D eigenvalue weighted by molar-refractivity contribution is 7.89. The fourth-order valence-electron chi connectivity index (χ4n) is 3.81. The first kappa shape index (κ1) is 14.5. The van der Waals surface area contributed by atoms with Crippen LogP contribution in [0, 0.1) is 17.8 Å². The van der Waals surface area contributed by atoms with E-state index in [9.17, 15) is 13.2 Å². The number of aryl methyl sites for hydroxylation is 1. The first-order chi connectivity index (χ1) is 9.83. The topological polar surface area (TPSA) is 107 Å². The van der Waals surface area contributed by atoms with Crippen molar-refractivity contribution in [3.8, 4) is 0 Å². The smallest absolute Gasteiger partial charge is 0.243 e. The summed E-state index contributed by atoms with van der Waals surface area (Å²) in [6, 6.07) is 0. The van der Waals surface area contributed by atoms with Gasteiger partial charge in [-0.1, -0.05) is 6.42 Å². The van der Waals surface area contributed by atoms with E-state index in [4.69, 9.17) is 5.14 Å². The van der Waals surface area contributed by atoms with E-state index in [-0.39, 0.29) is 16.6 Å². The van der Waals surface area contributed by atoms with Gasteiger partial charge >= 0.3 is 0 Å². The summed E-state index contributed by atoms with van der Waals surface area (Å²) in [5.41, 5.74) is 0. The Morgan fingerprint density at radius 1 is 1.48 bits per heavy atom. The number of carbonyl (C=O) groups excluding carboxylic acids is 1. The predicted molar refractivity (Wildman–Crippen MR) is 76.8 cm³/mol. The van der Waals surface area contributed by atoms with Crippen molar-refractivity contribution in [2.24, 2.45) is 29.9 Å². The highest BCUT2D eigenvalue weighted by Gasteiger charge is 2.40. The highest BCUT2D eigenvalue weighted by atomic mass is 32.2. The first-order valence-electron chi connectivity index (χ1n) is 7.19. The molecule has 1 heterocycles. The maximum Gasteiger partial charge on any atom is 0.243 e. The molecule has 7 nitrogen and oxygen atoms in total. The molecule has 3 N–H and O–H groups in total. The van der Waals surface area contributed by atoms with E-state index < -0.39 is 10.0 Å². The molecule has 2 aliphatic rings. The summed E-state index contributed by atoms with van der Waals surface area (Å²) >= 11 is 0. The summed E-state index contributed by atoms with van der Waals surface area (Å²) in [7, 11) is -2.31. The number of nitrogens with one attached hydrogen (secondary N) is 1. The summed E-state index contributed by atoms with van der Waals surface area (Å²) in [6.07, 6.45) is 6.59. The van der Waals surface area contributed by atoms with Gasteiger partial charge in [0.15, 0.2) is 5.82 Å². The standard InChI is InChI=1S/C13H20N4O3S/c1-17-7-11(21(14,19)20)13(16-17)15-12(18)6-10-5-8-2-3-9(10)4-8/h7-10H,2-6H2,1H3,(H2,14,19,20)(H,15,16,18). The van der Waals surface area contributed by atoms with Gasteiger partial charge in [-0.05, 0) is 37.0 Å². The molecular weight excluding hydrogens is 292 g/mol. The van der Waals surface area contributed by atoms with Gasteiger partial charge in [0, 0.05) is 19.7 Å². The van der Waals surface area contributed by atoms with Crippen molar-refractivity contribution in [3.63, 3.8) is 0 Å². The third-order valence-corrected chi connectivity index (χ3v) is 5.60. The van der Waals surface area contributed by atoms with Crippen LogP contribution in [0.5, 0.6) is 0 Å². The van der Waals surface area contributed by atoms with Crippen LogP contribution in [0.3, 0.4) is 0 Å². The van der Waals surface area contributed by atoms with Crippen molar-refractivity contribution in [1.82, 2.24) is 9.78 Å². The third kappa shape index (κ3) is 2.96. The van der Waals surface area contributed by atoms with Crippen LogP contribution in [0.25, 0.3) is 0 Å². The van der Waals surface area contributed by atoms with Gasteiger partial charge in [-0.15, -0.1) is 0 Å². The molecule has 0 spiro atoms. The maximum atomic E-state index is 12.1. The lowest BCUT2D eigenvalue weighted by atomic mass is 9.86. The summed E-state index contributed by atoms with van der Waals surface area (Å²) in [4.78, 5) is 12.0. The lowest BCUT2D eigenvalue weighted by molar-refractivity contribution is -0.117. The number of primary sulfonamides is 1. The van der Waals surface area contributed by atoms with Crippen LogP contribution in [-0.4, -0.2) is 24.1 Å². The fraction of sp³-hybridized carbons (Fsp3) is 0.692. The molecule has 2 saturated carbocycles. The Balaban J connectivity index is 1.68. The van der Waals surface area contributed by atoms with Gasteiger partial charge in [0.2, 0.25) is 15.9 Å². The molecule has 0 saturated heterocycles. The van der Waals surface area contributed by atoms with Gasteiger partial charge in [-0.2, -0.15) is 5.10 Å². The number of fused-ring (bicyclic) bond motifs is 2. The average Bonchev–Trinajstić information content (AvgIpc) is 3.03. The Morgan fingerprint density at radius 3 is 2.81 bits per heavy atom. The molecule has 2 bridgehead atoms. The molecule has 2 aliphatic carbocycles. The number of rotatable bonds is 4. The van der Waals surface area contributed by atoms with Crippen LogP contribution in [0.15, 0.2) is 11.1 Å². The van der Waals surface area contributed by atoms with Gasteiger partial charge in [-0.3, -0.25) is 9.48 Å². The Morgan fingerprint density at radius 2 is 2.24 bits per heavy atom. The predicted octanol–water partition coefficient (Wildman–Crippen LogP) is 0.832. The van der Waals surface area contributed by atoms with Crippen LogP contribution in [-0.2, 0) is 21.9 Å². The van der Waals surface area contributed by atoms with Crippen LogP contribution in [0.4, 0.5) is 5.82 Å². The number of aromatic nitrogens is 2. The number of amides is 1. The van der Waals surface area contributed by atoms with E-state index in [2.05, 4.69) is 10.4 Å². The van der Waals surface area contributed by atoms with Crippen molar-refractivity contribution < 1.29 is 13.2 Å². The molecule has 3 unspecified atom stereocenters. The van der Waals surface area contributed by atoms with Crippen molar-refractivity contribution in [2.45, 2.75) is 37.0 Å². The zero-order valence-corrected chi connectivity index (χ0v) is 12.8. The van der Waals surface area contributed by atoms with Crippen molar-refractivity contribution >= 4 is 21.7 Å². The normalized spacial score (nSPS) is 28.0. The van der Waals surface area contributed by atoms with E-state index in [1.165, 1.54) is 30.1 Å². The molecule has 3 rings (SSSR count). The largest absolute Gasteiger partial charge is 0.308 e. The lowest BCUT2D eigenvalue weighted by Gasteiger charge is -2.20. The minimum atomic E-state index is -3.89. The molecule has 0 aromatic carbocycles. The Labute approximate surface area is 123 Å². The monoisotopic (exact) mass is 312 g/mol. The highest BCUT2D eigenvalue weighted by Crippen LogP contribution is 2.49. The Bertz CT molecular complexity index is 667. The molecule has 3 atom stereocenters. The van der Waals surface area contributed by atoms with Crippen LogP contribution >= 0.6 is 0 Å². The molecule has 1 amide bonds. The lowest BCUT2D eigenvalue weighted by Crippen LogP contribution is -2.22. The number of carbonyl (C=O) groups is 1. The van der Waals surface area contributed by atoms with Crippen LogP contribution in [0.2, 0.25) is 0 Å². The fourth-order valence-corrected chi connectivity index (χ4v) is 4.47. The second-order valence-corrected chi connectivity index (χ2v) is 7.78. The summed E-state index contributed by atoms with van der Waals surface area (Å²) in [5, 5.41) is 11.7. The third-order valence-electron chi connectivity index (χ3n) is 4.69. The molecule has 0 aliphatic heterocycles. The average molecular weight is 312 g/mol. The van der Waals surface area contributed by atoms with Crippen LogP contribution < -0.4 is 10.5 Å². The first-order valence-corrected chi connectivity index (χ1v) is 8.74. The van der Waals surface area contributed by atoms with E-state index in [0.717, 1.165) is 12.3 Å². The molecular formula is C13H20N4O3S. The number of anilines is 1. The molecule has 116 valence electrons. The number of hydrogen-bond donors (Lipinski definition) is 2. The zero-order chi connectivity index (χ0) is 15.2. The molecule has 0 radical (unpaired) electrons. The minimum Gasteiger partial charge on any atom is -0.308 e. The zero-order valence-electron chi connectivity index (χ0n) is 11.9. The summed E-state index contributed by atoms with van der Waals surface area (Å²) < 4.78 is 24.3. The second kappa shape index (κ2) is 5.10. The summed E-state index contributed by atoms with van der Waals surface area (Å²) in [5.74, 6) is 1.69. The van der Waals surface area contributed by atoms with Gasteiger partial charge in [0.25, 0.3) is 0 Å². The van der Waals surface area contributed by atoms with E-state index >= 15 is 0 Å². The van der Waals surface area contributed by atoms with Crippen molar-refractivity contribution in [2.75, 3.05) is 5.32 Å². The minimum absolute atomic E-state index is 0.0214. The van der Waals surface area contributed by atoms with Gasteiger partial charge in [0.05, 0.1) is 0 Å². The van der Waals surface area contributed by atoms with E-state index in [1.54, 1.807) is 7.05 Å². The van der Waals surface area contributed by atoms with E-state index in [1.807, 2.05) is 0 Å². The van der Waals surface area contributed by atoms with Crippen molar-refractivity contribution in [1.29, 1.82) is 0 Å². The van der Waals surface area contributed by atoms with E-state index in [0.29, 0.717) is 18.3 Å². The number of hydrogen-bond acceptors (Lipinski definition) is 4. The molecule has 21 heavy (non-hydrogen) atoms. The van der Waals surface area contributed by atoms with Gasteiger partial charge < -0.3 is 5.32 Å². The van der Waals surface area contributed by atoms with Gasteiger partial charge in [-0.25, -0.2) is 13.6 Å². The quantitative estimate of drug-likeness (QED) is 0.858. The Kier molecular flexibility index (Phi) is 3.53. The number of sulfonamides is 1. The molecule has 1 aromatic rings. The Hall–Kier alpha value is -1.41. The molecule has 1 aromatic heterocycles. The summed E-state index contributed by atoms with van der Waals surface area (Å²) in [6.45, 7) is 0. The SMILES string of the molecule is Cn1cc(S(N)(=O)=O)c(NC(=O)CC2CC3CCC2C3)n1. The number of nitrogens with two attached hydrogens (primary N) is 1. The molecule has 2 fully saturated rings. The maximum absolute atomic E-state index is 12.1. The number of nitrogens with zero attached hydrogens (tertiary/aromatic N) is 2.